The molecule has 0 aromatic heterocycles. The molecule has 0 heterocycles. The molecule has 2 N–H and O–H groups in total. The van der Waals surface area contributed by atoms with Crippen LogP contribution in [-0.4, -0.2) is 42.7 Å². The zero-order chi connectivity index (χ0) is 13.0. The molecule has 1 aromatic carbocycles. The van der Waals surface area contributed by atoms with E-state index in [1.807, 2.05) is 32.2 Å². The normalized spacial score (nSPS) is 12.1. The van der Waals surface area contributed by atoms with Gasteiger partial charge in [0.2, 0.25) is 0 Å². The number of likely N-dealkylation sites (N-methyl/N-ethyl adjacent to an activating group) is 1. The average Bonchev–Trinajstić information content (AvgIpc) is 2.27. The molecule has 1 amide bonds. The van der Waals surface area contributed by atoms with Gasteiger partial charge < -0.3 is 15.3 Å². The molecular formula is C13H20N2O2. The van der Waals surface area contributed by atoms with Crippen LogP contribution in [0.2, 0.25) is 0 Å². The van der Waals surface area contributed by atoms with E-state index in [9.17, 15) is 9.90 Å². The van der Waals surface area contributed by atoms with Crippen LogP contribution in [0.1, 0.15) is 22.8 Å². The summed E-state index contributed by atoms with van der Waals surface area (Å²) < 4.78 is 0. The Bertz CT molecular complexity index is 402. The van der Waals surface area contributed by atoms with Crippen LogP contribution < -0.4 is 5.32 Å². The van der Waals surface area contributed by atoms with E-state index >= 15 is 0 Å². The number of nitrogens with zero attached hydrogens (tertiary/aromatic N) is 1. The van der Waals surface area contributed by atoms with Crippen molar-refractivity contribution in [3.05, 3.63) is 29.3 Å². The summed E-state index contributed by atoms with van der Waals surface area (Å²) in [6.45, 7) is 3.91. The van der Waals surface area contributed by atoms with Gasteiger partial charge in [0.25, 0.3) is 5.91 Å². The lowest BCUT2D eigenvalue weighted by Crippen LogP contribution is -2.33. The van der Waals surface area contributed by atoms with Gasteiger partial charge in [-0.3, -0.25) is 4.79 Å². The number of aliphatic hydroxyl groups is 1. The second-order valence-electron chi connectivity index (χ2n) is 4.31. The summed E-state index contributed by atoms with van der Waals surface area (Å²) in [5.74, 6) is -0.0638. The van der Waals surface area contributed by atoms with Gasteiger partial charge >= 0.3 is 0 Å². The molecule has 0 aliphatic heterocycles. The van der Waals surface area contributed by atoms with Gasteiger partial charge in [0, 0.05) is 31.9 Å². The Kier molecular flexibility index (Phi) is 4.52. The monoisotopic (exact) mass is 236 g/mol. The molecule has 0 saturated carbocycles. The van der Waals surface area contributed by atoms with Crippen LogP contribution >= 0.6 is 0 Å². The fraction of sp³-hybridized carbons (Fsp3) is 0.462. The lowest BCUT2D eigenvalue weighted by Gasteiger charge is -2.20. The lowest BCUT2D eigenvalue weighted by atomic mass is 10.1. The van der Waals surface area contributed by atoms with Crippen LogP contribution in [0.5, 0.6) is 0 Å². The van der Waals surface area contributed by atoms with Gasteiger partial charge in [0.1, 0.15) is 0 Å². The first-order chi connectivity index (χ1) is 7.95. The number of nitrogens with one attached hydrogen (secondary N) is 1. The van der Waals surface area contributed by atoms with Crippen molar-refractivity contribution in [3.63, 3.8) is 0 Å². The highest BCUT2D eigenvalue weighted by Crippen LogP contribution is 2.16. The topological polar surface area (TPSA) is 52.6 Å². The highest BCUT2D eigenvalue weighted by Gasteiger charge is 2.15. The first-order valence-electron chi connectivity index (χ1n) is 5.67. The van der Waals surface area contributed by atoms with Crippen molar-refractivity contribution in [2.45, 2.75) is 20.0 Å². The average molecular weight is 236 g/mol. The van der Waals surface area contributed by atoms with E-state index in [-0.39, 0.29) is 5.91 Å². The molecule has 4 nitrogen and oxygen atoms in total. The quantitative estimate of drug-likeness (QED) is 0.832. The van der Waals surface area contributed by atoms with Crippen molar-refractivity contribution in [1.29, 1.82) is 0 Å². The Morgan fingerprint density at radius 3 is 2.65 bits per heavy atom. The molecule has 0 saturated heterocycles. The first-order valence-corrected chi connectivity index (χ1v) is 5.67. The Morgan fingerprint density at radius 1 is 1.53 bits per heavy atom. The van der Waals surface area contributed by atoms with Gasteiger partial charge in [-0.1, -0.05) is 0 Å². The lowest BCUT2D eigenvalue weighted by molar-refractivity contribution is 0.0703. The number of carbonyl (C=O) groups is 1. The van der Waals surface area contributed by atoms with Gasteiger partial charge in [-0.15, -0.1) is 0 Å². The molecule has 17 heavy (non-hydrogen) atoms. The van der Waals surface area contributed by atoms with Gasteiger partial charge in [-0.2, -0.15) is 0 Å². The fourth-order valence-electron chi connectivity index (χ4n) is 1.74. The van der Waals surface area contributed by atoms with Crippen LogP contribution in [0, 0.1) is 6.92 Å². The highest BCUT2D eigenvalue weighted by molar-refractivity contribution is 5.95. The van der Waals surface area contributed by atoms with Crippen molar-refractivity contribution in [1.82, 2.24) is 4.90 Å². The number of benzene rings is 1. The standard InChI is InChI=1S/C13H20N2O2/c1-9-7-11(14-3)5-6-12(9)13(17)15(4)8-10(2)16/h5-7,10,14,16H,8H2,1-4H3. The molecule has 94 valence electrons. The van der Waals surface area contributed by atoms with Crippen molar-refractivity contribution in [2.75, 3.05) is 26.0 Å². The molecule has 0 radical (unpaired) electrons. The molecule has 0 aliphatic rings. The molecule has 1 aromatic rings. The zero-order valence-electron chi connectivity index (χ0n) is 10.8. The number of anilines is 1. The zero-order valence-corrected chi connectivity index (χ0v) is 10.8. The molecular weight excluding hydrogens is 216 g/mol. The van der Waals surface area contributed by atoms with E-state index in [1.54, 1.807) is 14.0 Å². The maximum atomic E-state index is 12.1. The number of hydrogen-bond acceptors (Lipinski definition) is 3. The smallest absolute Gasteiger partial charge is 0.253 e. The molecule has 0 spiro atoms. The van der Waals surface area contributed by atoms with E-state index in [4.69, 9.17) is 0 Å². The summed E-state index contributed by atoms with van der Waals surface area (Å²) in [4.78, 5) is 13.6. The van der Waals surface area contributed by atoms with Crippen molar-refractivity contribution in [2.24, 2.45) is 0 Å². The third kappa shape index (κ3) is 3.46. The molecule has 0 bridgehead atoms. The van der Waals surface area contributed by atoms with E-state index in [1.165, 1.54) is 4.90 Å². The Balaban J connectivity index is 2.89. The number of carbonyl (C=O) groups excluding carboxylic acids is 1. The van der Waals surface area contributed by atoms with Crippen LogP contribution in [0.25, 0.3) is 0 Å². The summed E-state index contributed by atoms with van der Waals surface area (Å²) in [6.07, 6.45) is -0.513. The van der Waals surface area contributed by atoms with Gasteiger partial charge in [0.15, 0.2) is 0 Å². The van der Waals surface area contributed by atoms with Gasteiger partial charge in [-0.25, -0.2) is 0 Å². The largest absolute Gasteiger partial charge is 0.392 e. The fourth-order valence-corrected chi connectivity index (χ4v) is 1.74. The number of rotatable bonds is 4. The molecule has 0 fully saturated rings. The molecule has 4 heteroatoms. The predicted molar refractivity (Wildman–Crippen MR) is 69.4 cm³/mol. The van der Waals surface area contributed by atoms with Crippen LogP contribution in [-0.2, 0) is 0 Å². The number of amides is 1. The van der Waals surface area contributed by atoms with Crippen molar-refractivity contribution in [3.8, 4) is 0 Å². The molecule has 0 aliphatic carbocycles. The van der Waals surface area contributed by atoms with Crippen LogP contribution in [0.3, 0.4) is 0 Å². The summed E-state index contributed by atoms with van der Waals surface area (Å²) in [5.41, 5.74) is 2.59. The summed E-state index contributed by atoms with van der Waals surface area (Å²) >= 11 is 0. The van der Waals surface area contributed by atoms with Gasteiger partial charge in [0.05, 0.1) is 6.10 Å². The van der Waals surface area contributed by atoms with Crippen LogP contribution in [0.15, 0.2) is 18.2 Å². The Hall–Kier alpha value is -1.55. The summed E-state index contributed by atoms with van der Waals surface area (Å²) in [5, 5.41) is 12.3. The minimum atomic E-state index is -0.513. The molecule has 1 rings (SSSR count). The maximum absolute atomic E-state index is 12.1. The third-order valence-electron chi connectivity index (χ3n) is 2.63. The Labute approximate surface area is 102 Å². The molecule has 1 unspecified atom stereocenters. The SMILES string of the molecule is CNc1ccc(C(=O)N(C)CC(C)O)c(C)c1. The first kappa shape index (κ1) is 13.5. The van der Waals surface area contributed by atoms with Crippen molar-refractivity contribution < 1.29 is 9.90 Å². The van der Waals surface area contributed by atoms with E-state index in [0.29, 0.717) is 12.1 Å². The minimum absolute atomic E-state index is 0.0638. The number of hydrogen-bond donors (Lipinski definition) is 2. The van der Waals surface area contributed by atoms with E-state index in [2.05, 4.69) is 5.32 Å². The summed E-state index contributed by atoms with van der Waals surface area (Å²) in [7, 11) is 3.54. The van der Waals surface area contributed by atoms with E-state index < -0.39 is 6.10 Å². The second kappa shape index (κ2) is 5.68. The number of aliphatic hydroxyl groups excluding tert-OH is 1. The van der Waals surface area contributed by atoms with Crippen LogP contribution in [0.4, 0.5) is 5.69 Å². The Morgan fingerprint density at radius 2 is 2.18 bits per heavy atom. The highest BCUT2D eigenvalue weighted by atomic mass is 16.3. The number of aryl methyl sites for hydroxylation is 1. The molecule has 1 atom stereocenters. The predicted octanol–water partition coefficient (Wildman–Crippen LogP) is 1.49. The second-order valence-corrected chi connectivity index (χ2v) is 4.31. The summed E-state index contributed by atoms with van der Waals surface area (Å²) in [6, 6.07) is 5.61. The minimum Gasteiger partial charge on any atom is -0.392 e. The van der Waals surface area contributed by atoms with Crippen molar-refractivity contribution >= 4 is 11.6 Å². The maximum Gasteiger partial charge on any atom is 0.253 e. The third-order valence-corrected chi connectivity index (χ3v) is 2.63. The van der Waals surface area contributed by atoms with E-state index in [0.717, 1.165) is 11.3 Å². The van der Waals surface area contributed by atoms with Gasteiger partial charge in [-0.05, 0) is 37.6 Å².